The number of aliphatic imine (C=N–C) groups is 1. The molecule has 1 aromatic rings. The molecule has 1 aromatic carbocycles. The van der Waals surface area contributed by atoms with Crippen LogP contribution in [0.2, 0.25) is 0 Å². The van der Waals surface area contributed by atoms with E-state index in [-0.39, 0.29) is 5.91 Å². The predicted molar refractivity (Wildman–Crippen MR) is 78.2 cm³/mol. The van der Waals surface area contributed by atoms with Gasteiger partial charge in [0.1, 0.15) is 0 Å². The van der Waals surface area contributed by atoms with Gasteiger partial charge in [0.25, 0.3) is 0 Å². The normalized spacial score (nSPS) is 18.1. The lowest BCUT2D eigenvalue weighted by molar-refractivity contribution is -0.128. The summed E-state index contributed by atoms with van der Waals surface area (Å²) >= 11 is 0. The summed E-state index contributed by atoms with van der Waals surface area (Å²) in [6.45, 7) is 4.18. The van der Waals surface area contributed by atoms with Gasteiger partial charge in [0.2, 0.25) is 5.91 Å². The van der Waals surface area contributed by atoms with Crippen LogP contribution < -0.4 is 10.6 Å². The van der Waals surface area contributed by atoms with E-state index in [2.05, 4.69) is 39.9 Å². The molecule has 0 aromatic heterocycles. The number of nitrogens with one attached hydrogen (secondary N) is 2. The molecule has 0 atom stereocenters. The van der Waals surface area contributed by atoms with Crippen molar-refractivity contribution in [3.05, 3.63) is 35.4 Å². The minimum absolute atomic E-state index is 0.279. The van der Waals surface area contributed by atoms with E-state index in [9.17, 15) is 4.79 Å². The second kappa shape index (κ2) is 5.94. The molecule has 0 saturated carbocycles. The van der Waals surface area contributed by atoms with Crippen LogP contribution in [0.4, 0.5) is 0 Å². The lowest BCUT2D eigenvalue weighted by Gasteiger charge is -2.15. The van der Waals surface area contributed by atoms with Crippen molar-refractivity contribution in [2.45, 2.75) is 25.9 Å². The van der Waals surface area contributed by atoms with E-state index < -0.39 is 0 Å². The van der Waals surface area contributed by atoms with Crippen molar-refractivity contribution >= 4 is 11.9 Å². The zero-order valence-corrected chi connectivity index (χ0v) is 11.6. The molecule has 1 amide bonds. The van der Waals surface area contributed by atoms with Gasteiger partial charge in [-0.2, -0.15) is 0 Å². The Hall–Kier alpha value is -2.04. The minimum Gasteiger partial charge on any atom is -0.355 e. The van der Waals surface area contributed by atoms with Gasteiger partial charge in [-0.3, -0.25) is 9.79 Å². The molecule has 2 N–H and O–H groups in total. The average Bonchev–Trinajstić information content (AvgIpc) is 3.11. The third-order valence-electron chi connectivity index (χ3n) is 3.70. The minimum atomic E-state index is 0.279. The largest absolute Gasteiger partial charge is 0.355 e. The van der Waals surface area contributed by atoms with Crippen LogP contribution in [-0.4, -0.2) is 36.4 Å². The first-order chi connectivity index (χ1) is 9.81. The molecule has 1 saturated heterocycles. The number of rotatable bonds is 4. The number of carbonyl (C=O) groups excluding carboxylic acids is 1. The second-order valence-corrected chi connectivity index (χ2v) is 5.25. The Kier molecular flexibility index (Phi) is 3.85. The highest BCUT2D eigenvalue weighted by Gasteiger charge is 2.19. The third-order valence-corrected chi connectivity index (χ3v) is 3.70. The molecule has 0 unspecified atom stereocenters. The number of hydrogen-bond donors (Lipinski definition) is 2. The molecule has 20 heavy (non-hydrogen) atoms. The first kappa shape index (κ1) is 13.0. The highest BCUT2D eigenvalue weighted by atomic mass is 16.2. The highest BCUT2D eigenvalue weighted by molar-refractivity contribution is 5.81. The van der Waals surface area contributed by atoms with E-state index in [1.54, 1.807) is 0 Å². The lowest BCUT2D eigenvalue weighted by Crippen LogP contribution is -2.33. The van der Waals surface area contributed by atoms with E-state index in [4.69, 9.17) is 0 Å². The SMILES string of the molecule is O=C1CCCN1Cc1ccc(CNC2=NCCN2)cc1. The van der Waals surface area contributed by atoms with Gasteiger partial charge < -0.3 is 15.5 Å². The van der Waals surface area contributed by atoms with Crippen molar-refractivity contribution in [3.8, 4) is 0 Å². The fourth-order valence-corrected chi connectivity index (χ4v) is 2.56. The fourth-order valence-electron chi connectivity index (χ4n) is 2.56. The van der Waals surface area contributed by atoms with Crippen LogP contribution >= 0.6 is 0 Å². The third kappa shape index (κ3) is 3.10. The molecule has 5 nitrogen and oxygen atoms in total. The maximum absolute atomic E-state index is 11.6. The number of likely N-dealkylation sites (tertiary alicyclic amines) is 1. The van der Waals surface area contributed by atoms with Crippen molar-refractivity contribution < 1.29 is 4.79 Å². The molecule has 2 heterocycles. The summed E-state index contributed by atoms with van der Waals surface area (Å²) in [7, 11) is 0. The van der Waals surface area contributed by atoms with Crippen LogP contribution in [0.5, 0.6) is 0 Å². The van der Waals surface area contributed by atoms with E-state index >= 15 is 0 Å². The first-order valence-corrected chi connectivity index (χ1v) is 7.19. The van der Waals surface area contributed by atoms with Crippen LogP contribution in [0, 0.1) is 0 Å². The lowest BCUT2D eigenvalue weighted by atomic mass is 10.1. The van der Waals surface area contributed by atoms with E-state index in [1.807, 2.05) is 4.90 Å². The van der Waals surface area contributed by atoms with Crippen LogP contribution in [0.15, 0.2) is 29.3 Å². The standard InChI is InChI=1S/C15H20N4O/c20-14-2-1-9-19(14)11-13-5-3-12(4-6-13)10-18-15-16-7-8-17-15/h3-6H,1-2,7-11H2,(H2,16,17,18). The van der Waals surface area contributed by atoms with Crippen molar-refractivity contribution in [2.24, 2.45) is 4.99 Å². The molecule has 0 spiro atoms. The number of hydrogen-bond acceptors (Lipinski definition) is 4. The summed E-state index contributed by atoms with van der Waals surface area (Å²) in [6, 6.07) is 8.43. The molecule has 2 aliphatic rings. The number of benzene rings is 1. The van der Waals surface area contributed by atoms with Gasteiger partial charge in [-0.05, 0) is 17.5 Å². The number of nitrogens with zero attached hydrogens (tertiary/aromatic N) is 2. The average molecular weight is 272 g/mol. The molecule has 3 rings (SSSR count). The Bertz CT molecular complexity index is 509. The van der Waals surface area contributed by atoms with Crippen LogP contribution in [-0.2, 0) is 17.9 Å². The van der Waals surface area contributed by atoms with Crippen molar-refractivity contribution in [2.75, 3.05) is 19.6 Å². The van der Waals surface area contributed by atoms with Gasteiger partial charge in [-0.15, -0.1) is 0 Å². The Morgan fingerprint density at radius 3 is 2.70 bits per heavy atom. The Morgan fingerprint density at radius 1 is 1.25 bits per heavy atom. The highest BCUT2D eigenvalue weighted by Crippen LogP contribution is 2.14. The van der Waals surface area contributed by atoms with Gasteiger partial charge in [0.15, 0.2) is 5.96 Å². The zero-order valence-electron chi connectivity index (χ0n) is 11.6. The van der Waals surface area contributed by atoms with E-state index in [0.717, 1.165) is 45.1 Å². The summed E-state index contributed by atoms with van der Waals surface area (Å²) in [5, 5.41) is 6.46. The molecule has 106 valence electrons. The molecular weight excluding hydrogens is 252 g/mol. The smallest absolute Gasteiger partial charge is 0.222 e. The number of carbonyl (C=O) groups is 1. The fraction of sp³-hybridized carbons (Fsp3) is 0.467. The molecule has 0 radical (unpaired) electrons. The Balaban J connectivity index is 1.52. The van der Waals surface area contributed by atoms with Crippen LogP contribution in [0.3, 0.4) is 0 Å². The summed E-state index contributed by atoms with van der Waals surface area (Å²) in [6.07, 6.45) is 1.70. The van der Waals surface area contributed by atoms with Crippen molar-refractivity contribution in [3.63, 3.8) is 0 Å². The quantitative estimate of drug-likeness (QED) is 0.854. The molecule has 1 fully saturated rings. The topological polar surface area (TPSA) is 56.7 Å². The van der Waals surface area contributed by atoms with Gasteiger partial charge >= 0.3 is 0 Å². The van der Waals surface area contributed by atoms with E-state index in [0.29, 0.717) is 6.42 Å². The molecule has 0 bridgehead atoms. The second-order valence-electron chi connectivity index (χ2n) is 5.25. The maximum atomic E-state index is 11.6. The number of amides is 1. The molecule has 0 aliphatic carbocycles. The summed E-state index contributed by atoms with van der Waals surface area (Å²) in [5.41, 5.74) is 2.42. The van der Waals surface area contributed by atoms with Gasteiger partial charge in [0, 0.05) is 32.6 Å². The van der Waals surface area contributed by atoms with Crippen molar-refractivity contribution in [1.82, 2.24) is 15.5 Å². The predicted octanol–water partition coefficient (Wildman–Crippen LogP) is 0.858. The molecule has 5 heteroatoms. The van der Waals surface area contributed by atoms with Crippen LogP contribution in [0.25, 0.3) is 0 Å². The summed E-state index contributed by atoms with van der Waals surface area (Å²) in [4.78, 5) is 17.8. The molecular formula is C15H20N4O. The van der Waals surface area contributed by atoms with Gasteiger partial charge in [-0.25, -0.2) is 0 Å². The molecule has 2 aliphatic heterocycles. The van der Waals surface area contributed by atoms with Crippen molar-refractivity contribution in [1.29, 1.82) is 0 Å². The van der Waals surface area contributed by atoms with Gasteiger partial charge in [-0.1, -0.05) is 24.3 Å². The van der Waals surface area contributed by atoms with Gasteiger partial charge in [0.05, 0.1) is 6.54 Å². The van der Waals surface area contributed by atoms with E-state index in [1.165, 1.54) is 11.1 Å². The first-order valence-electron chi connectivity index (χ1n) is 7.19. The maximum Gasteiger partial charge on any atom is 0.222 e. The summed E-state index contributed by atoms with van der Waals surface area (Å²) in [5.74, 6) is 1.16. The zero-order chi connectivity index (χ0) is 13.8. The Morgan fingerprint density at radius 2 is 2.05 bits per heavy atom. The number of guanidine groups is 1. The summed E-state index contributed by atoms with van der Waals surface area (Å²) < 4.78 is 0. The monoisotopic (exact) mass is 272 g/mol. The van der Waals surface area contributed by atoms with Crippen LogP contribution in [0.1, 0.15) is 24.0 Å². The Labute approximate surface area is 119 Å².